The lowest BCUT2D eigenvalue weighted by atomic mass is 9.95. The van der Waals surface area contributed by atoms with Crippen molar-refractivity contribution in [3.05, 3.63) is 94.5 Å². The van der Waals surface area contributed by atoms with Crippen LogP contribution < -0.4 is 0 Å². The SMILES string of the molecule is O=C(O)c1cccc2c1CCN(C(=O)OCC1c3ccccc3-c3ccccc31)C2. The second-order valence-corrected chi connectivity index (χ2v) is 7.72. The maximum absolute atomic E-state index is 12.8. The van der Waals surface area contributed by atoms with Gasteiger partial charge in [0.2, 0.25) is 0 Å². The molecule has 0 atom stereocenters. The predicted octanol–water partition coefficient (Wildman–Crippen LogP) is 4.69. The molecule has 1 heterocycles. The van der Waals surface area contributed by atoms with Crippen molar-refractivity contribution < 1.29 is 19.4 Å². The lowest BCUT2D eigenvalue weighted by Gasteiger charge is -2.29. The van der Waals surface area contributed by atoms with Crippen LogP contribution in [0.5, 0.6) is 0 Å². The van der Waals surface area contributed by atoms with Gasteiger partial charge >= 0.3 is 12.1 Å². The van der Waals surface area contributed by atoms with Crippen molar-refractivity contribution >= 4 is 12.1 Å². The van der Waals surface area contributed by atoms with Gasteiger partial charge in [-0.1, -0.05) is 60.7 Å². The first-order valence-corrected chi connectivity index (χ1v) is 10.1. The number of rotatable bonds is 3. The number of aromatic carboxylic acids is 1. The van der Waals surface area contributed by atoms with E-state index in [0.717, 1.165) is 11.1 Å². The number of carboxylic acid groups (broad SMARTS) is 1. The van der Waals surface area contributed by atoms with Crippen molar-refractivity contribution in [3.8, 4) is 11.1 Å². The van der Waals surface area contributed by atoms with E-state index in [9.17, 15) is 14.7 Å². The summed E-state index contributed by atoms with van der Waals surface area (Å²) >= 11 is 0. The van der Waals surface area contributed by atoms with Crippen LogP contribution in [0.2, 0.25) is 0 Å². The molecule has 0 saturated heterocycles. The standard InChI is InChI=1S/C25H21NO4/c27-24(28)22-11-5-6-16-14-26(13-12-17(16)22)25(29)30-15-23-20-9-3-1-7-18(20)19-8-2-4-10-21(19)23/h1-11,23H,12-15H2,(H,27,28). The number of amides is 1. The van der Waals surface area contributed by atoms with Crippen LogP contribution in [0.3, 0.4) is 0 Å². The molecule has 1 aliphatic carbocycles. The predicted molar refractivity (Wildman–Crippen MR) is 113 cm³/mol. The Balaban J connectivity index is 1.32. The highest BCUT2D eigenvalue weighted by molar-refractivity contribution is 5.90. The van der Waals surface area contributed by atoms with Gasteiger partial charge in [-0.15, -0.1) is 0 Å². The fraction of sp³-hybridized carbons (Fsp3) is 0.200. The van der Waals surface area contributed by atoms with Gasteiger partial charge in [-0.25, -0.2) is 9.59 Å². The molecule has 0 bridgehead atoms. The zero-order chi connectivity index (χ0) is 20.7. The zero-order valence-electron chi connectivity index (χ0n) is 16.4. The van der Waals surface area contributed by atoms with Crippen LogP contribution in [0.1, 0.15) is 38.5 Å². The zero-order valence-corrected chi connectivity index (χ0v) is 16.4. The van der Waals surface area contributed by atoms with Crippen LogP contribution in [0.25, 0.3) is 11.1 Å². The molecule has 1 aliphatic heterocycles. The van der Waals surface area contributed by atoms with Crippen LogP contribution in [-0.2, 0) is 17.7 Å². The van der Waals surface area contributed by atoms with Crippen LogP contribution >= 0.6 is 0 Å². The summed E-state index contributed by atoms with van der Waals surface area (Å²) < 4.78 is 5.74. The number of ether oxygens (including phenoxy) is 1. The van der Waals surface area contributed by atoms with Gasteiger partial charge < -0.3 is 14.7 Å². The molecule has 3 aromatic rings. The molecule has 30 heavy (non-hydrogen) atoms. The van der Waals surface area contributed by atoms with E-state index in [1.807, 2.05) is 30.3 Å². The van der Waals surface area contributed by atoms with Crippen molar-refractivity contribution in [3.63, 3.8) is 0 Å². The molecule has 0 unspecified atom stereocenters. The smallest absolute Gasteiger partial charge is 0.410 e. The third-order valence-electron chi connectivity index (χ3n) is 6.09. The van der Waals surface area contributed by atoms with E-state index in [0.29, 0.717) is 25.1 Å². The number of hydrogen-bond donors (Lipinski definition) is 1. The van der Waals surface area contributed by atoms with Crippen molar-refractivity contribution in [2.45, 2.75) is 18.9 Å². The summed E-state index contributed by atoms with van der Waals surface area (Å²) in [6, 6.07) is 21.7. The van der Waals surface area contributed by atoms with E-state index >= 15 is 0 Å². The molecule has 0 fully saturated rings. The molecule has 5 heteroatoms. The van der Waals surface area contributed by atoms with Gasteiger partial charge in [0.15, 0.2) is 0 Å². The molecule has 2 aliphatic rings. The summed E-state index contributed by atoms with van der Waals surface area (Å²) in [7, 11) is 0. The average molecular weight is 399 g/mol. The Morgan fingerprint density at radius 3 is 2.27 bits per heavy atom. The fourth-order valence-electron chi connectivity index (χ4n) is 4.65. The minimum atomic E-state index is -0.929. The Morgan fingerprint density at radius 1 is 0.933 bits per heavy atom. The second-order valence-electron chi connectivity index (χ2n) is 7.72. The Kier molecular flexibility index (Phi) is 4.51. The Morgan fingerprint density at radius 2 is 1.60 bits per heavy atom. The summed E-state index contributed by atoms with van der Waals surface area (Å²) in [6.07, 6.45) is 0.158. The Labute approximate surface area is 174 Å². The number of carbonyl (C=O) groups excluding carboxylic acids is 1. The molecule has 0 aromatic heterocycles. The first-order valence-electron chi connectivity index (χ1n) is 10.1. The monoisotopic (exact) mass is 399 g/mol. The van der Waals surface area contributed by atoms with E-state index in [-0.39, 0.29) is 18.6 Å². The number of benzene rings is 3. The summed E-state index contributed by atoms with van der Waals surface area (Å²) in [6.45, 7) is 1.10. The van der Waals surface area contributed by atoms with Gasteiger partial charge in [-0.3, -0.25) is 0 Å². The molecule has 150 valence electrons. The van der Waals surface area contributed by atoms with Gasteiger partial charge in [-0.2, -0.15) is 0 Å². The van der Waals surface area contributed by atoms with Crippen molar-refractivity contribution in [1.82, 2.24) is 4.90 Å². The molecule has 1 amide bonds. The highest BCUT2D eigenvalue weighted by atomic mass is 16.6. The number of fused-ring (bicyclic) bond motifs is 4. The molecule has 0 radical (unpaired) electrons. The third kappa shape index (κ3) is 3.03. The lowest BCUT2D eigenvalue weighted by Crippen LogP contribution is -2.37. The van der Waals surface area contributed by atoms with Gasteiger partial charge in [-0.05, 0) is 45.9 Å². The number of carboxylic acids is 1. The molecule has 5 rings (SSSR count). The fourth-order valence-corrected chi connectivity index (χ4v) is 4.65. The minimum absolute atomic E-state index is 0.0250. The quantitative estimate of drug-likeness (QED) is 0.694. The molecule has 0 spiro atoms. The van der Waals surface area contributed by atoms with Crippen molar-refractivity contribution in [1.29, 1.82) is 0 Å². The van der Waals surface area contributed by atoms with Crippen molar-refractivity contribution in [2.24, 2.45) is 0 Å². The van der Waals surface area contributed by atoms with E-state index in [1.165, 1.54) is 22.3 Å². The molecule has 3 aromatic carbocycles. The highest BCUT2D eigenvalue weighted by Crippen LogP contribution is 2.44. The summed E-state index contributed by atoms with van der Waals surface area (Å²) in [4.78, 5) is 25.9. The molecule has 5 nitrogen and oxygen atoms in total. The van der Waals surface area contributed by atoms with Gasteiger partial charge in [0.1, 0.15) is 6.61 Å². The van der Waals surface area contributed by atoms with E-state index in [1.54, 1.807) is 17.0 Å². The minimum Gasteiger partial charge on any atom is -0.478 e. The van der Waals surface area contributed by atoms with Crippen LogP contribution in [0.15, 0.2) is 66.7 Å². The highest BCUT2D eigenvalue weighted by Gasteiger charge is 2.30. The van der Waals surface area contributed by atoms with Gasteiger partial charge in [0, 0.05) is 19.0 Å². The van der Waals surface area contributed by atoms with E-state index in [2.05, 4.69) is 24.3 Å². The third-order valence-corrected chi connectivity index (χ3v) is 6.09. The maximum atomic E-state index is 12.8. The first-order chi connectivity index (χ1) is 14.6. The van der Waals surface area contributed by atoms with Crippen LogP contribution in [0, 0.1) is 0 Å². The molecule has 1 N–H and O–H groups in total. The first kappa shape index (κ1) is 18.4. The summed E-state index contributed by atoms with van der Waals surface area (Å²) in [5.41, 5.74) is 6.76. The molecular weight excluding hydrogens is 378 g/mol. The van der Waals surface area contributed by atoms with E-state index in [4.69, 9.17) is 4.74 Å². The normalized spacial score (nSPS) is 14.6. The lowest BCUT2D eigenvalue weighted by molar-refractivity contribution is 0.0694. The number of carbonyl (C=O) groups is 2. The van der Waals surface area contributed by atoms with E-state index < -0.39 is 5.97 Å². The average Bonchev–Trinajstić information content (AvgIpc) is 3.10. The van der Waals surface area contributed by atoms with Gasteiger partial charge in [0.05, 0.1) is 5.56 Å². The summed E-state index contributed by atoms with van der Waals surface area (Å²) in [5.74, 6) is -0.904. The largest absolute Gasteiger partial charge is 0.478 e. The Hall–Kier alpha value is -3.60. The summed E-state index contributed by atoms with van der Waals surface area (Å²) in [5, 5.41) is 9.38. The van der Waals surface area contributed by atoms with Crippen LogP contribution in [-0.4, -0.2) is 35.2 Å². The van der Waals surface area contributed by atoms with Crippen LogP contribution in [0.4, 0.5) is 4.79 Å². The number of nitrogens with zero attached hydrogens (tertiary/aromatic N) is 1. The maximum Gasteiger partial charge on any atom is 0.410 e. The topological polar surface area (TPSA) is 66.8 Å². The molecular formula is C25H21NO4. The second kappa shape index (κ2) is 7.34. The Bertz CT molecular complexity index is 1110. The van der Waals surface area contributed by atoms with Gasteiger partial charge in [0.25, 0.3) is 0 Å². The van der Waals surface area contributed by atoms with Crippen molar-refractivity contribution in [2.75, 3.05) is 13.2 Å². The molecule has 0 saturated carbocycles. The number of hydrogen-bond acceptors (Lipinski definition) is 3.